The summed E-state index contributed by atoms with van der Waals surface area (Å²) >= 11 is 0. The van der Waals surface area contributed by atoms with Crippen molar-refractivity contribution in [2.45, 2.75) is 11.8 Å². The van der Waals surface area contributed by atoms with Crippen molar-refractivity contribution in [3.63, 3.8) is 0 Å². The Morgan fingerprint density at radius 3 is 2.53 bits per heavy atom. The van der Waals surface area contributed by atoms with Gasteiger partial charge in [-0.05, 0) is 24.6 Å². The molecule has 1 amide bonds. The summed E-state index contributed by atoms with van der Waals surface area (Å²) in [5.41, 5.74) is 8.90. The maximum Gasteiger partial charge on any atom is 0.264 e. The van der Waals surface area contributed by atoms with E-state index in [0.29, 0.717) is 0 Å². The van der Waals surface area contributed by atoms with Gasteiger partial charge in [0, 0.05) is 4.91 Å². The van der Waals surface area contributed by atoms with E-state index in [1.807, 2.05) is 6.92 Å². The van der Waals surface area contributed by atoms with Crippen LogP contribution in [0.4, 0.5) is 0 Å². The summed E-state index contributed by atoms with van der Waals surface area (Å²) in [4.78, 5) is 13.4. The molecule has 0 aliphatic carbocycles. The van der Waals surface area contributed by atoms with Gasteiger partial charge in [0.15, 0.2) is 0 Å². The molecule has 0 aliphatic heterocycles. The topological polar surface area (TPSA) is 112 Å². The van der Waals surface area contributed by atoms with Crippen LogP contribution in [0, 0.1) is 6.92 Å². The summed E-state index contributed by atoms with van der Waals surface area (Å²) in [6.45, 7) is 1.26. The fourth-order valence-electron chi connectivity index (χ4n) is 1.05. The van der Waals surface area contributed by atoms with Gasteiger partial charge in [0.25, 0.3) is 10.0 Å². The predicted octanol–water partition coefficient (Wildman–Crippen LogP) is 1.11. The minimum absolute atomic E-state index is 0.0163. The Kier molecular flexibility index (Phi) is 4.08. The lowest BCUT2D eigenvalue weighted by Crippen LogP contribution is -2.32. The Bertz CT molecular complexity index is 558. The summed E-state index contributed by atoms with van der Waals surface area (Å²) < 4.78 is 25.1. The summed E-state index contributed by atoms with van der Waals surface area (Å²) in [7, 11) is -3.89. The first-order valence-corrected chi connectivity index (χ1v) is 6.07. The van der Waals surface area contributed by atoms with Gasteiger partial charge in [-0.1, -0.05) is 22.8 Å². The molecule has 1 rings (SSSR count). The van der Waals surface area contributed by atoms with E-state index in [0.717, 1.165) is 5.56 Å². The molecule has 17 heavy (non-hydrogen) atoms. The summed E-state index contributed by atoms with van der Waals surface area (Å²) in [5, 5.41) is 2.97. The lowest BCUT2D eigenvalue weighted by molar-refractivity contribution is -0.117. The van der Waals surface area contributed by atoms with E-state index >= 15 is 0 Å². The standard InChI is InChI=1S/C9H10N4O3S/c1-7-2-4-8(5-3-7)17(15,16)12-9(14)6-11-13-10/h2-5H,6H2,1H3,(H,12,14). The molecule has 0 radical (unpaired) electrons. The molecule has 0 atom stereocenters. The van der Waals surface area contributed by atoms with Gasteiger partial charge in [-0.3, -0.25) is 4.79 Å². The lowest BCUT2D eigenvalue weighted by Gasteiger charge is -2.05. The Hall–Kier alpha value is -2.05. The van der Waals surface area contributed by atoms with Crippen molar-refractivity contribution in [1.82, 2.24) is 4.72 Å². The van der Waals surface area contributed by atoms with Crippen molar-refractivity contribution in [2.24, 2.45) is 5.11 Å². The zero-order valence-electron chi connectivity index (χ0n) is 8.99. The fraction of sp³-hybridized carbons (Fsp3) is 0.222. The molecule has 0 aliphatic rings. The highest BCUT2D eigenvalue weighted by Crippen LogP contribution is 2.09. The number of amides is 1. The summed E-state index contributed by atoms with van der Waals surface area (Å²) in [6, 6.07) is 6.01. The number of benzene rings is 1. The fourth-order valence-corrected chi connectivity index (χ4v) is 2.03. The first kappa shape index (κ1) is 13.0. The largest absolute Gasteiger partial charge is 0.274 e. The van der Waals surface area contributed by atoms with Gasteiger partial charge in [0.05, 0.1) is 4.90 Å². The van der Waals surface area contributed by atoms with Gasteiger partial charge in [-0.2, -0.15) is 0 Å². The zero-order valence-corrected chi connectivity index (χ0v) is 9.81. The smallest absolute Gasteiger partial charge is 0.264 e. The van der Waals surface area contributed by atoms with Crippen LogP contribution >= 0.6 is 0 Å². The first-order chi connectivity index (χ1) is 7.95. The van der Waals surface area contributed by atoms with Gasteiger partial charge in [0.2, 0.25) is 5.91 Å². The first-order valence-electron chi connectivity index (χ1n) is 4.59. The number of carbonyl (C=O) groups is 1. The van der Waals surface area contributed by atoms with Crippen LogP contribution in [0.2, 0.25) is 0 Å². The number of hydrogen-bond acceptors (Lipinski definition) is 4. The number of nitrogens with zero attached hydrogens (tertiary/aromatic N) is 3. The highest BCUT2D eigenvalue weighted by atomic mass is 32.2. The minimum Gasteiger partial charge on any atom is -0.274 e. The molecular formula is C9H10N4O3S. The maximum absolute atomic E-state index is 11.7. The maximum atomic E-state index is 11.7. The van der Waals surface area contributed by atoms with E-state index in [2.05, 4.69) is 10.0 Å². The molecule has 0 spiro atoms. The zero-order chi connectivity index (χ0) is 12.9. The van der Waals surface area contributed by atoms with E-state index in [1.165, 1.54) is 12.1 Å². The van der Waals surface area contributed by atoms with E-state index in [1.54, 1.807) is 16.9 Å². The summed E-state index contributed by atoms with van der Waals surface area (Å²) in [6.07, 6.45) is 0. The number of rotatable bonds is 4. The molecule has 8 heteroatoms. The Morgan fingerprint density at radius 2 is 2.00 bits per heavy atom. The Balaban J connectivity index is 2.85. The second-order valence-corrected chi connectivity index (χ2v) is 4.91. The Labute approximate surface area is 98.1 Å². The minimum atomic E-state index is -3.89. The van der Waals surface area contributed by atoms with Crippen LogP contribution in [0.15, 0.2) is 34.3 Å². The molecule has 7 nitrogen and oxygen atoms in total. The van der Waals surface area contributed by atoms with Gasteiger partial charge >= 0.3 is 0 Å². The van der Waals surface area contributed by atoms with Gasteiger partial charge in [-0.25, -0.2) is 13.1 Å². The van der Waals surface area contributed by atoms with Gasteiger partial charge in [-0.15, -0.1) is 0 Å². The number of nitrogens with one attached hydrogen (secondary N) is 1. The molecule has 0 aromatic heterocycles. The molecule has 0 saturated carbocycles. The normalized spacial score (nSPS) is 10.4. The van der Waals surface area contributed by atoms with Crippen molar-refractivity contribution in [3.8, 4) is 0 Å². The van der Waals surface area contributed by atoms with Crippen molar-refractivity contribution in [2.75, 3.05) is 6.54 Å². The van der Waals surface area contributed by atoms with E-state index in [-0.39, 0.29) is 4.90 Å². The molecule has 0 bridgehead atoms. The van der Waals surface area contributed by atoms with Crippen LogP contribution in [-0.2, 0) is 14.8 Å². The molecule has 90 valence electrons. The second-order valence-electron chi connectivity index (χ2n) is 3.23. The van der Waals surface area contributed by atoms with Crippen LogP contribution in [-0.4, -0.2) is 20.9 Å². The molecule has 1 aromatic carbocycles. The van der Waals surface area contributed by atoms with E-state index in [4.69, 9.17) is 5.53 Å². The molecule has 1 N–H and O–H groups in total. The number of aryl methyl sites for hydroxylation is 1. The number of sulfonamides is 1. The quantitative estimate of drug-likeness (QED) is 0.493. The summed E-state index contributed by atoms with van der Waals surface area (Å²) in [5.74, 6) is -0.872. The van der Waals surface area contributed by atoms with Crippen LogP contribution in [0.1, 0.15) is 5.56 Å². The highest BCUT2D eigenvalue weighted by Gasteiger charge is 2.16. The highest BCUT2D eigenvalue weighted by molar-refractivity contribution is 7.90. The van der Waals surface area contributed by atoms with Crippen LogP contribution in [0.5, 0.6) is 0 Å². The molecule has 0 fully saturated rings. The van der Waals surface area contributed by atoms with Crippen LogP contribution in [0.25, 0.3) is 10.4 Å². The van der Waals surface area contributed by atoms with E-state index in [9.17, 15) is 13.2 Å². The third-order valence-corrected chi connectivity index (χ3v) is 3.25. The van der Waals surface area contributed by atoms with Crippen molar-refractivity contribution < 1.29 is 13.2 Å². The van der Waals surface area contributed by atoms with Crippen molar-refractivity contribution >= 4 is 15.9 Å². The number of hydrogen-bond donors (Lipinski definition) is 1. The van der Waals surface area contributed by atoms with Crippen LogP contribution in [0.3, 0.4) is 0 Å². The predicted molar refractivity (Wildman–Crippen MR) is 60.5 cm³/mol. The SMILES string of the molecule is Cc1ccc(S(=O)(=O)NC(=O)CN=[N+]=[N-])cc1. The number of azide groups is 1. The van der Waals surface area contributed by atoms with Gasteiger partial charge in [0.1, 0.15) is 6.54 Å². The van der Waals surface area contributed by atoms with E-state index < -0.39 is 22.5 Å². The molecule has 0 heterocycles. The van der Waals surface area contributed by atoms with Crippen molar-refractivity contribution in [3.05, 3.63) is 40.3 Å². The van der Waals surface area contributed by atoms with Gasteiger partial charge < -0.3 is 0 Å². The molecule has 0 unspecified atom stereocenters. The molecular weight excluding hydrogens is 244 g/mol. The van der Waals surface area contributed by atoms with Crippen molar-refractivity contribution in [1.29, 1.82) is 0 Å². The number of carbonyl (C=O) groups excluding carboxylic acids is 1. The monoisotopic (exact) mass is 254 g/mol. The second kappa shape index (κ2) is 5.33. The molecule has 1 aromatic rings. The third kappa shape index (κ3) is 3.78. The third-order valence-electron chi connectivity index (χ3n) is 1.86. The molecule has 0 saturated heterocycles. The average molecular weight is 254 g/mol. The van der Waals surface area contributed by atoms with Crippen LogP contribution < -0.4 is 4.72 Å². The Morgan fingerprint density at radius 1 is 1.41 bits per heavy atom. The average Bonchev–Trinajstić information content (AvgIpc) is 2.26. The lowest BCUT2D eigenvalue weighted by atomic mass is 10.2.